The Hall–Kier alpha value is -0.0400. The Morgan fingerprint density at radius 3 is 1.03 bits per heavy atom. The molecule has 0 rings (SSSR count). The number of unbranched alkanes of at least 4 members (excludes halogenated alkanes) is 18. The quantitative estimate of drug-likeness (QED) is 0.111. The predicted octanol–water partition coefficient (Wildman–Crippen LogP) is 12.0. The van der Waals surface area contributed by atoms with Crippen LogP contribution in [0, 0.1) is 5.92 Å². The third kappa shape index (κ3) is 34.1. The third-order valence-corrected chi connectivity index (χ3v) is 7.18. The van der Waals surface area contributed by atoms with Crippen molar-refractivity contribution in [3.8, 4) is 0 Å². The van der Waals surface area contributed by atoms with Crippen molar-refractivity contribution in [1.29, 1.82) is 0 Å². The van der Waals surface area contributed by atoms with Gasteiger partial charge in [-0.25, -0.2) is 0 Å². The first-order chi connectivity index (χ1) is 16.6. The smallest absolute Gasteiger partial charge is 0.00218 e. The summed E-state index contributed by atoms with van der Waals surface area (Å²) in [6.07, 6.45) is 34.5. The van der Waals surface area contributed by atoms with Gasteiger partial charge in [-0.1, -0.05) is 176 Å². The number of nitrogens with zero attached hydrogens (tertiary/aromatic N) is 1. The van der Waals surface area contributed by atoms with Crippen LogP contribution in [0.15, 0.2) is 0 Å². The molecule has 0 fully saturated rings. The Morgan fingerprint density at radius 2 is 0.676 bits per heavy atom. The molecule has 0 saturated heterocycles. The van der Waals surface area contributed by atoms with Crippen LogP contribution in [0.1, 0.15) is 189 Å². The van der Waals surface area contributed by atoms with E-state index in [0.29, 0.717) is 0 Å². The van der Waals surface area contributed by atoms with E-state index in [1.807, 2.05) is 0 Å². The van der Waals surface area contributed by atoms with Gasteiger partial charge in [0.05, 0.1) is 0 Å². The van der Waals surface area contributed by atoms with Crippen molar-refractivity contribution in [2.75, 3.05) is 20.1 Å². The molecule has 0 aliphatic rings. The Labute approximate surface area is 219 Å². The lowest BCUT2D eigenvalue weighted by Gasteiger charge is -2.17. The summed E-state index contributed by atoms with van der Waals surface area (Å²) in [5.41, 5.74) is 0. The minimum Gasteiger partial charge on any atom is -0.306 e. The number of hydrogen-bond donors (Lipinski definition) is 0. The molecule has 0 aromatic rings. The zero-order valence-corrected chi connectivity index (χ0v) is 25.4. The third-order valence-electron chi connectivity index (χ3n) is 7.18. The van der Waals surface area contributed by atoms with Crippen LogP contribution in [-0.4, -0.2) is 25.0 Å². The first-order valence-corrected chi connectivity index (χ1v) is 16.3. The molecular weight excluding hydrogens is 410 g/mol. The molecule has 34 heavy (non-hydrogen) atoms. The fourth-order valence-electron chi connectivity index (χ4n) is 4.80. The van der Waals surface area contributed by atoms with E-state index in [-0.39, 0.29) is 0 Å². The fourth-order valence-corrected chi connectivity index (χ4v) is 4.80. The monoisotopic (exact) mass is 482 g/mol. The molecule has 0 N–H and O–H groups in total. The van der Waals surface area contributed by atoms with Gasteiger partial charge in [0.15, 0.2) is 0 Å². The molecule has 0 saturated carbocycles. The van der Waals surface area contributed by atoms with Crippen LogP contribution < -0.4 is 0 Å². The Morgan fingerprint density at radius 1 is 0.412 bits per heavy atom. The van der Waals surface area contributed by atoms with Crippen molar-refractivity contribution >= 4 is 0 Å². The minimum atomic E-state index is 0.949. The second-order valence-electron chi connectivity index (χ2n) is 11.4. The first-order valence-electron chi connectivity index (χ1n) is 16.3. The summed E-state index contributed by atoms with van der Waals surface area (Å²) >= 11 is 0. The van der Waals surface area contributed by atoms with E-state index in [4.69, 9.17) is 0 Å². The summed E-state index contributed by atoms with van der Waals surface area (Å²) in [5, 5.41) is 0. The molecule has 0 radical (unpaired) electrons. The number of hydrogen-bond acceptors (Lipinski definition) is 1. The summed E-state index contributed by atoms with van der Waals surface area (Å²) in [6.45, 7) is 14.0. The summed E-state index contributed by atoms with van der Waals surface area (Å²) in [5.74, 6) is 0.949. The summed E-state index contributed by atoms with van der Waals surface area (Å²) in [6, 6.07) is 0. The van der Waals surface area contributed by atoms with Crippen molar-refractivity contribution in [3.63, 3.8) is 0 Å². The SMILES string of the molecule is CCC.CCCCCCCCCCCCCN(C)CCCCCC(C)CCCCCCCCC. The van der Waals surface area contributed by atoms with E-state index in [0.717, 1.165) is 5.92 Å². The predicted molar refractivity (Wildman–Crippen MR) is 160 cm³/mol. The van der Waals surface area contributed by atoms with Gasteiger partial charge in [-0.3, -0.25) is 0 Å². The van der Waals surface area contributed by atoms with Gasteiger partial charge >= 0.3 is 0 Å². The largest absolute Gasteiger partial charge is 0.306 e. The molecule has 0 aromatic carbocycles. The maximum absolute atomic E-state index is 2.58. The highest BCUT2D eigenvalue weighted by Gasteiger charge is 2.03. The van der Waals surface area contributed by atoms with E-state index in [1.54, 1.807) is 0 Å². The van der Waals surface area contributed by atoms with E-state index in [2.05, 4.69) is 46.6 Å². The summed E-state index contributed by atoms with van der Waals surface area (Å²) < 4.78 is 0. The lowest BCUT2D eigenvalue weighted by Crippen LogP contribution is -2.20. The Kier molecular flexibility index (Phi) is 35.0. The van der Waals surface area contributed by atoms with E-state index in [1.165, 1.54) is 167 Å². The maximum atomic E-state index is 2.58. The molecule has 1 unspecified atom stereocenters. The highest BCUT2D eigenvalue weighted by atomic mass is 15.1. The van der Waals surface area contributed by atoms with Crippen molar-refractivity contribution in [2.24, 2.45) is 5.92 Å². The van der Waals surface area contributed by atoms with Gasteiger partial charge in [0.1, 0.15) is 0 Å². The second kappa shape index (κ2) is 33.0. The highest BCUT2D eigenvalue weighted by molar-refractivity contribution is 4.58. The van der Waals surface area contributed by atoms with Gasteiger partial charge in [-0.05, 0) is 38.9 Å². The molecule has 0 spiro atoms. The Bertz CT molecular complexity index is 327. The zero-order chi connectivity index (χ0) is 25.5. The van der Waals surface area contributed by atoms with Crippen LogP contribution in [-0.2, 0) is 0 Å². The van der Waals surface area contributed by atoms with Gasteiger partial charge in [0.25, 0.3) is 0 Å². The average molecular weight is 482 g/mol. The molecule has 0 aliphatic carbocycles. The normalized spacial score (nSPS) is 12.1. The molecule has 1 nitrogen and oxygen atoms in total. The van der Waals surface area contributed by atoms with E-state index >= 15 is 0 Å². The van der Waals surface area contributed by atoms with Crippen molar-refractivity contribution in [2.45, 2.75) is 189 Å². The Balaban J connectivity index is 0. The molecule has 0 heterocycles. The molecule has 0 aromatic heterocycles. The molecule has 0 aliphatic heterocycles. The van der Waals surface area contributed by atoms with Gasteiger partial charge in [0, 0.05) is 0 Å². The molecule has 0 bridgehead atoms. The molecular formula is C33H71N. The van der Waals surface area contributed by atoms with Gasteiger partial charge in [-0.15, -0.1) is 0 Å². The summed E-state index contributed by atoms with van der Waals surface area (Å²) in [7, 11) is 2.33. The van der Waals surface area contributed by atoms with Gasteiger partial charge in [-0.2, -0.15) is 0 Å². The zero-order valence-electron chi connectivity index (χ0n) is 25.4. The van der Waals surface area contributed by atoms with Gasteiger partial charge in [0.2, 0.25) is 0 Å². The van der Waals surface area contributed by atoms with Crippen LogP contribution in [0.2, 0.25) is 0 Å². The van der Waals surface area contributed by atoms with Crippen LogP contribution in [0.3, 0.4) is 0 Å². The maximum Gasteiger partial charge on any atom is -0.00218 e. The van der Waals surface area contributed by atoms with Crippen molar-refractivity contribution < 1.29 is 0 Å². The summed E-state index contributed by atoms with van der Waals surface area (Å²) in [4.78, 5) is 2.58. The van der Waals surface area contributed by atoms with Crippen LogP contribution in [0.4, 0.5) is 0 Å². The second-order valence-corrected chi connectivity index (χ2v) is 11.4. The van der Waals surface area contributed by atoms with Crippen molar-refractivity contribution in [1.82, 2.24) is 4.90 Å². The lowest BCUT2D eigenvalue weighted by atomic mass is 9.96. The highest BCUT2D eigenvalue weighted by Crippen LogP contribution is 2.18. The van der Waals surface area contributed by atoms with Crippen molar-refractivity contribution in [3.05, 3.63) is 0 Å². The van der Waals surface area contributed by atoms with E-state index in [9.17, 15) is 0 Å². The number of rotatable bonds is 26. The van der Waals surface area contributed by atoms with Crippen LogP contribution in [0.5, 0.6) is 0 Å². The van der Waals surface area contributed by atoms with E-state index < -0.39 is 0 Å². The first kappa shape index (κ1) is 36.1. The average Bonchev–Trinajstić information content (AvgIpc) is 2.82. The molecule has 208 valence electrons. The fraction of sp³-hybridized carbons (Fsp3) is 1.00. The molecule has 0 amide bonds. The minimum absolute atomic E-state index is 0.949. The lowest BCUT2D eigenvalue weighted by molar-refractivity contribution is 0.312. The van der Waals surface area contributed by atoms with Crippen LogP contribution >= 0.6 is 0 Å². The standard InChI is InChI=1S/C30H63N.C3H8/c1-5-7-9-11-13-14-15-16-18-20-24-28-31(4)29-25-21-23-27-30(3)26-22-19-17-12-10-8-6-2;1-3-2/h30H,5-29H2,1-4H3;3H2,1-2H3. The van der Waals surface area contributed by atoms with Gasteiger partial charge < -0.3 is 4.90 Å². The topological polar surface area (TPSA) is 3.24 Å². The van der Waals surface area contributed by atoms with Crippen LogP contribution in [0.25, 0.3) is 0 Å². The molecule has 1 heteroatoms. The molecule has 1 atom stereocenters.